The number of hydrogen-bond acceptors (Lipinski definition) is 4. The van der Waals surface area contributed by atoms with Crippen molar-refractivity contribution in [3.8, 4) is 11.5 Å². The van der Waals surface area contributed by atoms with Crippen LogP contribution in [0.3, 0.4) is 0 Å². The fourth-order valence-electron chi connectivity index (χ4n) is 1.93. The molecule has 0 atom stereocenters. The Morgan fingerprint density at radius 3 is 2.67 bits per heavy atom. The van der Waals surface area contributed by atoms with Crippen LogP contribution < -0.4 is 5.73 Å². The topological polar surface area (TPSA) is 64.9 Å². The summed E-state index contributed by atoms with van der Waals surface area (Å²) in [7, 11) is 0. The van der Waals surface area contributed by atoms with Crippen molar-refractivity contribution in [3.05, 3.63) is 63.3 Å². The number of nitrogens with two attached hydrogens (primary N) is 1. The number of nitrogen functional groups attached to an aromatic ring is 1. The van der Waals surface area contributed by atoms with Gasteiger partial charge in [0.05, 0.1) is 5.56 Å². The second-order valence-electron chi connectivity index (χ2n) is 4.55. The van der Waals surface area contributed by atoms with Crippen LogP contribution >= 0.6 is 27.5 Å². The highest BCUT2D eigenvalue weighted by molar-refractivity contribution is 9.10. The van der Waals surface area contributed by atoms with E-state index in [-0.39, 0.29) is 0 Å². The number of halogens is 2. The summed E-state index contributed by atoms with van der Waals surface area (Å²) >= 11 is 9.27. The average molecular weight is 365 g/mol. The van der Waals surface area contributed by atoms with E-state index in [4.69, 9.17) is 21.9 Å². The first kappa shape index (κ1) is 14.1. The summed E-state index contributed by atoms with van der Waals surface area (Å²) in [5.41, 5.74) is 8.32. The maximum absolute atomic E-state index is 5.94. The van der Waals surface area contributed by atoms with Gasteiger partial charge < -0.3 is 10.3 Å². The molecule has 0 fully saturated rings. The highest BCUT2D eigenvalue weighted by atomic mass is 79.9. The van der Waals surface area contributed by atoms with Crippen molar-refractivity contribution in [2.24, 2.45) is 0 Å². The van der Waals surface area contributed by atoms with E-state index < -0.39 is 0 Å². The third kappa shape index (κ3) is 3.25. The molecule has 0 saturated heterocycles. The first-order valence-electron chi connectivity index (χ1n) is 6.24. The van der Waals surface area contributed by atoms with Crippen LogP contribution in [0, 0.1) is 0 Å². The number of aromatic nitrogens is 2. The van der Waals surface area contributed by atoms with Gasteiger partial charge in [0.1, 0.15) is 0 Å². The lowest BCUT2D eigenvalue weighted by Crippen LogP contribution is -1.92. The van der Waals surface area contributed by atoms with Gasteiger partial charge in [0, 0.05) is 21.6 Å². The molecule has 0 amide bonds. The molecular formula is C15H11BrClN3O. The van der Waals surface area contributed by atoms with E-state index in [9.17, 15) is 0 Å². The zero-order chi connectivity index (χ0) is 14.8. The zero-order valence-electron chi connectivity index (χ0n) is 10.9. The molecule has 0 aliphatic carbocycles. The lowest BCUT2D eigenvalue weighted by atomic mass is 10.1. The van der Waals surface area contributed by atoms with Crippen LogP contribution in [0.15, 0.2) is 51.5 Å². The molecule has 0 saturated carbocycles. The Balaban J connectivity index is 1.86. The lowest BCUT2D eigenvalue weighted by Gasteiger charge is -2.00. The van der Waals surface area contributed by atoms with Crippen LogP contribution in [-0.4, -0.2) is 10.1 Å². The molecule has 2 aromatic carbocycles. The molecule has 3 aromatic rings. The Morgan fingerprint density at radius 2 is 1.90 bits per heavy atom. The number of anilines is 1. The number of hydrogen-bond donors (Lipinski definition) is 1. The summed E-state index contributed by atoms with van der Waals surface area (Å²) in [4.78, 5) is 4.39. The molecule has 3 rings (SSSR count). The van der Waals surface area contributed by atoms with Crippen molar-refractivity contribution < 1.29 is 4.52 Å². The van der Waals surface area contributed by atoms with Crippen molar-refractivity contribution in [2.45, 2.75) is 6.42 Å². The summed E-state index contributed by atoms with van der Waals surface area (Å²) in [6.45, 7) is 0. The number of rotatable bonds is 3. The van der Waals surface area contributed by atoms with E-state index in [2.05, 4.69) is 26.1 Å². The summed E-state index contributed by atoms with van der Waals surface area (Å²) in [5, 5.41) is 4.69. The van der Waals surface area contributed by atoms with Crippen molar-refractivity contribution in [3.63, 3.8) is 0 Å². The van der Waals surface area contributed by atoms with Gasteiger partial charge in [-0.2, -0.15) is 4.98 Å². The maximum atomic E-state index is 5.94. The second-order valence-corrected chi connectivity index (χ2v) is 5.90. The quantitative estimate of drug-likeness (QED) is 0.703. The van der Waals surface area contributed by atoms with Gasteiger partial charge in [-0.15, -0.1) is 0 Å². The Labute approximate surface area is 135 Å². The maximum Gasteiger partial charge on any atom is 0.260 e. The van der Waals surface area contributed by atoms with Crippen molar-refractivity contribution >= 4 is 33.2 Å². The fourth-order valence-corrected chi connectivity index (χ4v) is 2.42. The second kappa shape index (κ2) is 5.87. The van der Waals surface area contributed by atoms with E-state index in [0.717, 1.165) is 15.6 Å². The molecule has 6 heteroatoms. The predicted octanol–water partition coefficient (Wildman–Crippen LogP) is 4.33. The van der Waals surface area contributed by atoms with E-state index in [0.29, 0.717) is 28.8 Å². The molecule has 0 aliphatic heterocycles. The molecule has 1 heterocycles. The van der Waals surface area contributed by atoms with Gasteiger partial charge in [-0.05, 0) is 35.9 Å². The lowest BCUT2D eigenvalue weighted by molar-refractivity contribution is 0.424. The molecular weight excluding hydrogens is 354 g/mol. The minimum absolute atomic E-state index is 0.415. The first-order chi connectivity index (χ1) is 10.1. The summed E-state index contributed by atoms with van der Waals surface area (Å²) in [5.74, 6) is 1.02. The van der Waals surface area contributed by atoms with E-state index in [1.807, 2.05) is 36.4 Å². The van der Waals surface area contributed by atoms with E-state index in [1.54, 1.807) is 6.07 Å². The largest absolute Gasteiger partial charge is 0.398 e. The van der Waals surface area contributed by atoms with Gasteiger partial charge in [0.15, 0.2) is 5.82 Å². The Hall–Kier alpha value is -1.85. The molecule has 0 spiro atoms. The smallest absolute Gasteiger partial charge is 0.260 e. The standard InChI is InChI=1S/C15H11BrClN3O/c16-10-3-6-13(18)12(8-10)15-19-14(20-21-15)7-9-1-4-11(17)5-2-9/h1-6,8H,7,18H2. The van der Waals surface area contributed by atoms with Crippen molar-refractivity contribution in [1.82, 2.24) is 10.1 Å². The molecule has 4 nitrogen and oxygen atoms in total. The Bertz CT molecular complexity index is 771. The highest BCUT2D eigenvalue weighted by Crippen LogP contribution is 2.28. The molecule has 1 aromatic heterocycles. The third-order valence-corrected chi connectivity index (χ3v) is 3.73. The Kier molecular flexibility index (Phi) is 3.94. The monoisotopic (exact) mass is 363 g/mol. The third-order valence-electron chi connectivity index (χ3n) is 2.99. The average Bonchev–Trinajstić information content (AvgIpc) is 2.92. The van der Waals surface area contributed by atoms with Crippen LogP contribution in [0.25, 0.3) is 11.5 Å². The summed E-state index contributed by atoms with van der Waals surface area (Å²) < 4.78 is 6.20. The van der Waals surface area contributed by atoms with E-state index in [1.165, 1.54) is 0 Å². The molecule has 0 radical (unpaired) electrons. The number of benzene rings is 2. The molecule has 0 aliphatic rings. The zero-order valence-corrected chi connectivity index (χ0v) is 13.2. The van der Waals surface area contributed by atoms with Crippen molar-refractivity contribution in [1.29, 1.82) is 0 Å². The SMILES string of the molecule is Nc1ccc(Br)cc1-c1nc(Cc2ccc(Cl)cc2)no1. The molecule has 0 unspecified atom stereocenters. The summed E-state index contributed by atoms with van der Waals surface area (Å²) in [6, 6.07) is 13.1. The van der Waals surface area contributed by atoms with Crippen molar-refractivity contribution in [2.75, 3.05) is 5.73 Å². The fraction of sp³-hybridized carbons (Fsp3) is 0.0667. The Morgan fingerprint density at radius 1 is 1.14 bits per heavy atom. The van der Waals surface area contributed by atoms with Gasteiger partial charge in [0.25, 0.3) is 5.89 Å². The van der Waals surface area contributed by atoms with Gasteiger partial charge >= 0.3 is 0 Å². The molecule has 0 bridgehead atoms. The van der Waals surface area contributed by atoms with Crippen LogP contribution in [0.2, 0.25) is 5.02 Å². The van der Waals surface area contributed by atoms with Crippen LogP contribution in [0.5, 0.6) is 0 Å². The van der Waals surface area contributed by atoms with Gasteiger partial charge in [-0.3, -0.25) is 0 Å². The molecule has 2 N–H and O–H groups in total. The van der Waals surface area contributed by atoms with Crippen LogP contribution in [0.4, 0.5) is 5.69 Å². The predicted molar refractivity (Wildman–Crippen MR) is 86.1 cm³/mol. The summed E-state index contributed by atoms with van der Waals surface area (Å²) in [6.07, 6.45) is 0.578. The van der Waals surface area contributed by atoms with Gasteiger partial charge in [-0.1, -0.05) is 44.8 Å². The minimum atomic E-state index is 0.415. The van der Waals surface area contributed by atoms with Crippen LogP contribution in [0.1, 0.15) is 11.4 Å². The van der Waals surface area contributed by atoms with Gasteiger partial charge in [0.2, 0.25) is 0 Å². The number of nitrogens with zero attached hydrogens (tertiary/aromatic N) is 2. The van der Waals surface area contributed by atoms with E-state index >= 15 is 0 Å². The normalized spacial score (nSPS) is 10.8. The highest BCUT2D eigenvalue weighted by Gasteiger charge is 2.12. The first-order valence-corrected chi connectivity index (χ1v) is 7.41. The minimum Gasteiger partial charge on any atom is -0.398 e. The van der Waals surface area contributed by atoms with Crippen LogP contribution in [-0.2, 0) is 6.42 Å². The molecule has 21 heavy (non-hydrogen) atoms. The molecule has 106 valence electrons. The van der Waals surface area contributed by atoms with Gasteiger partial charge in [-0.25, -0.2) is 0 Å².